The third-order valence-corrected chi connectivity index (χ3v) is 2.89. The first-order valence-electron chi connectivity index (χ1n) is 6.02. The van der Waals surface area contributed by atoms with Crippen molar-refractivity contribution in [3.8, 4) is 11.8 Å². The maximum atomic E-state index is 8.96. The number of hydrogen-bond donors (Lipinski definition) is 1. The normalized spacial score (nSPS) is 16.2. The molecule has 0 bridgehead atoms. The molecule has 1 fully saturated rings. The molecular formula is C13H17N3O2. The van der Waals surface area contributed by atoms with E-state index in [1.807, 2.05) is 0 Å². The number of rotatable bonds is 4. The molecule has 0 atom stereocenters. The van der Waals surface area contributed by atoms with Gasteiger partial charge in [-0.2, -0.15) is 5.26 Å². The van der Waals surface area contributed by atoms with Crippen molar-refractivity contribution >= 4 is 5.69 Å². The molecule has 5 nitrogen and oxygen atoms in total. The number of nitrogens with two attached hydrogens (primary N) is 1. The maximum absolute atomic E-state index is 8.96. The highest BCUT2D eigenvalue weighted by Gasteiger charge is 2.10. The van der Waals surface area contributed by atoms with Gasteiger partial charge in [-0.15, -0.1) is 0 Å². The fourth-order valence-electron chi connectivity index (χ4n) is 1.86. The van der Waals surface area contributed by atoms with Gasteiger partial charge in [0, 0.05) is 31.4 Å². The van der Waals surface area contributed by atoms with E-state index in [4.69, 9.17) is 20.5 Å². The van der Waals surface area contributed by atoms with Crippen LogP contribution in [0.4, 0.5) is 5.69 Å². The van der Waals surface area contributed by atoms with E-state index in [1.165, 1.54) is 0 Å². The van der Waals surface area contributed by atoms with Crippen LogP contribution >= 0.6 is 0 Å². The number of hydrogen-bond acceptors (Lipinski definition) is 5. The lowest BCUT2D eigenvalue weighted by atomic mass is 10.2. The summed E-state index contributed by atoms with van der Waals surface area (Å²) in [6.45, 7) is 4.82. The standard InChI is InChI=1S/C13H17N3O2/c14-10-11-1-2-12(15)9-13(11)18-8-5-16-3-6-17-7-4-16/h1-2,9H,3-8,15H2. The molecule has 1 saturated heterocycles. The van der Waals surface area contributed by atoms with Crippen molar-refractivity contribution in [3.63, 3.8) is 0 Å². The summed E-state index contributed by atoms with van der Waals surface area (Å²) in [5.41, 5.74) is 6.81. The second-order valence-electron chi connectivity index (χ2n) is 4.17. The predicted octanol–water partition coefficient (Wildman–Crippen LogP) is 0.851. The van der Waals surface area contributed by atoms with Crippen LogP contribution < -0.4 is 10.5 Å². The second kappa shape index (κ2) is 6.24. The van der Waals surface area contributed by atoms with E-state index < -0.39 is 0 Å². The molecule has 96 valence electrons. The average molecular weight is 247 g/mol. The predicted molar refractivity (Wildman–Crippen MR) is 68.3 cm³/mol. The molecule has 18 heavy (non-hydrogen) atoms. The van der Waals surface area contributed by atoms with E-state index in [-0.39, 0.29) is 0 Å². The van der Waals surface area contributed by atoms with Gasteiger partial charge in [-0.3, -0.25) is 4.90 Å². The molecule has 0 spiro atoms. The summed E-state index contributed by atoms with van der Waals surface area (Å²) < 4.78 is 10.9. The number of nitriles is 1. The van der Waals surface area contributed by atoms with Gasteiger partial charge in [0.25, 0.3) is 0 Å². The molecule has 0 unspecified atom stereocenters. The topological polar surface area (TPSA) is 71.5 Å². The Hall–Kier alpha value is -1.77. The van der Waals surface area contributed by atoms with E-state index in [9.17, 15) is 0 Å². The quantitative estimate of drug-likeness (QED) is 0.799. The number of morpholine rings is 1. The molecule has 1 aliphatic rings. The number of anilines is 1. The van der Waals surface area contributed by atoms with Crippen LogP contribution in [0.15, 0.2) is 18.2 Å². The number of ether oxygens (including phenoxy) is 2. The lowest BCUT2D eigenvalue weighted by molar-refractivity contribution is 0.0322. The molecule has 1 aromatic rings. The SMILES string of the molecule is N#Cc1ccc(N)cc1OCCN1CCOCC1. The Balaban J connectivity index is 1.86. The monoisotopic (exact) mass is 247 g/mol. The molecule has 0 aliphatic carbocycles. The lowest BCUT2D eigenvalue weighted by Crippen LogP contribution is -2.38. The maximum Gasteiger partial charge on any atom is 0.139 e. The smallest absolute Gasteiger partial charge is 0.139 e. The number of nitrogens with zero attached hydrogens (tertiary/aromatic N) is 2. The van der Waals surface area contributed by atoms with Crippen molar-refractivity contribution in [2.45, 2.75) is 0 Å². The Bertz CT molecular complexity index is 436. The van der Waals surface area contributed by atoms with Crippen LogP contribution in [-0.4, -0.2) is 44.4 Å². The molecule has 0 amide bonds. The molecule has 1 aliphatic heterocycles. The van der Waals surface area contributed by atoms with Gasteiger partial charge in [0.15, 0.2) is 0 Å². The summed E-state index contributed by atoms with van der Waals surface area (Å²) in [6.07, 6.45) is 0. The van der Waals surface area contributed by atoms with Gasteiger partial charge in [-0.1, -0.05) is 0 Å². The van der Waals surface area contributed by atoms with E-state index in [0.29, 0.717) is 23.6 Å². The van der Waals surface area contributed by atoms with Crippen LogP contribution in [0.25, 0.3) is 0 Å². The summed E-state index contributed by atoms with van der Waals surface area (Å²) in [7, 11) is 0. The Kier molecular flexibility index (Phi) is 4.40. The minimum atomic E-state index is 0.520. The molecule has 5 heteroatoms. The van der Waals surface area contributed by atoms with E-state index in [2.05, 4.69) is 11.0 Å². The van der Waals surface area contributed by atoms with Crippen LogP contribution in [0, 0.1) is 11.3 Å². The van der Waals surface area contributed by atoms with E-state index in [1.54, 1.807) is 18.2 Å². The van der Waals surface area contributed by atoms with Crippen LogP contribution in [0.5, 0.6) is 5.75 Å². The minimum Gasteiger partial charge on any atom is -0.491 e. The Morgan fingerprint density at radius 1 is 1.39 bits per heavy atom. The van der Waals surface area contributed by atoms with Gasteiger partial charge in [0.05, 0.1) is 18.8 Å². The zero-order chi connectivity index (χ0) is 12.8. The Morgan fingerprint density at radius 3 is 2.89 bits per heavy atom. The van der Waals surface area contributed by atoms with Gasteiger partial charge in [0.2, 0.25) is 0 Å². The first-order chi connectivity index (χ1) is 8.79. The highest BCUT2D eigenvalue weighted by Crippen LogP contribution is 2.20. The molecule has 0 saturated carbocycles. The van der Waals surface area contributed by atoms with Crippen molar-refractivity contribution in [2.24, 2.45) is 0 Å². The van der Waals surface area contributed by atoms with Crippen LogP contribution in [0.2, 0.25) is 0 Å². The summed E-state index contributed by atoms with van der Waals surface area (Å²) >= 11 is 0. The van der Waals surface area contributed by atoms with Crippen molar-refractivity contribution in [1.29, 1.82) is 5.26 Å². The summed E-state index contributed by atoms with van der Waals surface area (Å²) in [5.74, 6) is 0.561. The highest BCUT2D eigenvalue weighted by molar-refractivity contribution is 5.52. The fraction of sp³-hybridized carbons (Fsp3) is 0.462. The molecule has 2 N–H and O–H groups in total. The van der Waals surface area contributed by atoms with E-state index >= 15 is 0 Å². The van der Waals surface area contributed by atoms with Crippen molar-refractivity contribution in [1.82, 2.24) is 4.90 Å². The third kappa shape index (κ3) is 3.36. The van der Waals surface area contributed by atoms with Gasteiger partial charge >= 0.3 is 0 Å². The fourth-order valence-corrected chi connectivity index (χ4v) is 1.86. The van der Waals surface area contributed by atoms with Gasteiger partial charge in [0.1, 0.15) is 18.4 Å². The third-order valence-electron chi connectivity index (χ3n) is 2.89. The van der Waals surface area contributed by atoms with Crippen LogP contribution in [0.1, 0.15) is 5.56 Å². The first-order valence-corrected chi connectivity index (χ1v) is 6.02. The van der Waals surface area contributed by atoms with Crippen LogP contribution in [-0.2, 0) is 4.74 Å². The molecule has 0 aromatic heterocycles. The zero-order valence-electron chi connectivity index (χ0n) is 10.3. The first kappa shape index (κ1) is 12.7. The zero-order valence-corrected chi connectivity index (χ0v) is 10.3. The van der Waals surface area contributed by atoms with Gasteiger partial charge in [-0.05, 0) is 12.1 Å². The van der Waals surface area contributed by atoms with Crippen molar-refractivity contribution in [3.05, 3.63) is 23.8 Å². The number of nitrogen functional groups attached to an aromatic ring is 1. The summed E-state index contributed by atoms with van der Waals surface area (Å²) in [4.78, 5) is 2.28. The van der Waals surface area contributed by atoms with Crippen molar-refractivity contribution < 1.29 is 9.47 Å². The molecule has 1 heterocycles. The average Bonchev–Trinajstić information content (AvgIpc) is 2.40. The molecule has 0 radical (unpaired) electrons. The molecular weight excluding hydrogens is 230 g/mol. The molecule has 1 aromatic carbocycles. The highest BCUT2D eigenvalue weighted by atomic mass is 16.5. The number of benzene rings is 1. The van der Waals surface area contributed by atoms with E-state index in [0.717, 1.165) is 32.8 Å². The lowest BCUT2D eigenvalue weighted by Gasteiger charge is -2.26. The largest absolute Gasteiger partial charge is 0.491 e. The Morgan fingerprint density at radius 2 is 2.17 bits per heavy atom. The van der Waals surface area contributed by atoms with Crippen LogP contribution in [0.3, 0.4) is 0 Å². The minimum absolute atomic E-state index is 0.520. The summed E-state index contributed by atoms with van der Waals surface area (Å²) in [5, 5.41) is 8.96. The summed E-state index contributed by atoms with van der Waals surface area (Å²) in [6, 6.07) is 7.17. The second-order valence-corrected chi connectivity index (χ2v) is 4.17. The van der Waals surface area contributed by atoms with Crippen molar-refractivity contribution in [2.75, 3.05) is 45.2 Å². The van der Waals surface area contributed by atoms with Gasteiger partial charge < -0.3 is 15.2 Å². The Labute approximate surface area is 107 Å². The van der Waals surface area contributed by atoms with Gasteiger partial charge in [-0.25, -0.2) is 0 Å². The molecule has 2 rings (SSSR count).